The number of nitrogens with one attached hydrogen (secondary N) is 1. The number of amides is 1. The first-order valence-corrected chi connectivity index (χ1v) is 10.1. The topological polar surface area (TPSA) is 58.4 Å². The molecule has 4 rings (SSSR count). The number of nitrogens with zero attached hydrogens (tertiary/aromatic N) is 2. The van der Waals surface area contributed by atoms with Gasteiger partial charge in [0, 0.05) is 17.5 Å². The quantitative estimate of drug-likeness (QED) is 0.889. The Labute approximate surface area is 155 Å². The summed E-state index contributed by atoms with van der Waals surface area (Å²) in [7, 11) is 0. The molecular formula is C21H29N3O2. The number of aromatic nitrogens is 1. The third-order valence-electron chi connectivity index (χ3n) is 6.21. The van der Waals surface area contributed by atoms with Gasteiger partial charge >= 0.3 is 0 Å². The highest BCUT2D eigenvalue weighted by atomic mass is 16.5. The molecule has 5 nitrogen and oxygen atoms in total. The van der Waals surface area contributed by atoms with Crippen molar-refractivity contribution in [1.82, 2.24) is 15.4 Å². The molecule has 0 bridgehead atoms. The first-order valence-electron chi connectivity index (χ1n) is 10.1. The van der Waals surface area contributed by atoms with Gasteiger partial charge in [-0.15, -0.1) is 0 Å². The summed E-state index contributed by atoms with van der Waals surface area (Å²) in [4.78, 5) is 15.3. The monoisotopic (exact) mass is 355 g/mol. The number of carbonyl (C=O) groups excluding carboxylic acids is 1. The highest BCUT2D eigenvalue weighted by molar-refractivity contribution is 5.86. The fraction of sp³-hybridized carbons (Fsp3) is 0.619. The fourth-order valence-electron chi connectivity index (χ4n) is 4.73. The lowest BCUT2D eigenvalue weighted by atomic mass is 9.79. The average Bonchev–Trinajstić information content (AvgIpc) is 3.11. The van der Waals surface area contributed by atoms with Crippen LogP contribution in [-0.4, -0.2) is 41.1 Å². The normalized spacial score (nSPS) is 20.9. The van der Waals surface area contributed by atoms with E-state index in [9.17, 15) is 4.79 Å². The molecule has 1 aliphatic heterocycles. The van der Waals surface area contributed by atoms with E-state index < -0.39 is 0 Å². The molecule has 2 aliphatic rings. The zero-order chi connectivity index (χ0) is 17.8. The van der Waals surface area contributed by atoms with Crippen LogP contribution in [0.25, 0.3) is 11.0 Å². The molecule has 1 N–H and O–H groups in total. The van der Waals surface area contributed by atoms with E-state index in [1.807, 2.05) is 24.3 Å². The van der Waals surface area contributed by atoms with E-state index in [0.29, 0.717) is 0 Å². The molecule has 1 amide bonds. The summed E-state index contributed by atoms with van der Waals surface area (Å²) in [6.07, 6.45) is 10.5. The number of likely N-dealkylation sites (tertiary alicyclic amines) is 1. The second-order valence-electron chi connectivity index (χ2n) is 7.91. The van der Waals surface area contributed by atoms with E-state index in [4.69, 9.17) is 4.52 Å². The number of piperidine rings is 1. The van der Waals surface area contributed by atoms with Crippen LogP contribution in [0.3, 0.4) is 0 Å². The van der Waals surface area contributed by atoms with Gasteiger partial charge in [-0.3, -0.25) is 9.69 Å². The summed E-state index contributed by atoms with van der Waals surface area (Å²) in [5, 5.41) is 8.26. The van der Waals surface area contributed by atoms with Crippen molar-refractivity contribution in [3.8, 4) is 0 Å². The minimum Gasteiger partial charge on any atom is -0.356 e. The Morgan fingerprint density at radius 1 is 1.08 bits per heavy atom. The van der Waals surface area contributed by atoms with E-state index in [2.05, 4.69) is 15.4 Å². The van der Waals surface area contributed by atoms with Gasteiger partial charge in [0.2, 0.25) is 5.91 Å². The lowest BCUT2D eigenvalue weighted by molar-refractivity contribution is -0.121. The number of rotatable bonds is 5. The summed E-state index contributed by atoms with van der Waals surface area (Å²) >= 11 is 0. The number of carbonyl (C=O) groups is 1. The molecule has 2 heterocycles. The number of para-hydroxylation sites is 1. The van der Waals surface area contributed by atoms with Crippen molar-refractivity contribution in [3.05, 3.63) is 30.0 Å². The van der Waals surface area contributed by atoms with E-state index in [1.165, 1.54) is 64.5 Å². The zero-order valence-corrected chi connectivity index (χ0v) is 15.5. The van der Waals surface area contributed by atoms with Crippen molar-refractivity contribution in [1.29, 1.82) is 0 Å². The third kappa shape index (κ3) is 3.63. The molecule has 26 heavy (non-hydrogen) atoms. The second-order valence-corrected chi connectivity index (χ2v) is 7.91. The molecule has 140 valence electrons. The maximum absolute atomic E-state index is 12.6. The van der Waals surface area contributed by atoms with Gasteiger partial charge in [-0.25, -0.2) is 0 Å². The van der Waals surface area contributed by atoms with Crippen LogP contribution in [0.1, 0.15) is 57.1 Å². The molecule has 1 aliphatic carbocycles. The van der Waals surface area contributed by atoms with Crippen LogP contribution in [0.5, 0.6) is 0 Å². The number of benzene rings is 1. The summed E-state index contributed by atoms with van der Waals surface area (Å²) in [6.45, 7) is 3.13. The minimum absolute atomic E-state index is 0.0472. The average molecular weight is 355 g/mol. The van der Waals surface area contributed by atoms with Crippen molar-refractivity contribution in [2.24, 2.45) is 0 Å². The number of hydrogen-bond acceptors (Lipinski definition) is 4. The van der Waals surface area contributed by atoms with E-state index >= 15 is 0 Å². The Morgan fingerprint density at radius 3 is 2.62 bits per heavy atom. The summed E-state index contributed by atoms with van der Waals surface area (Å²) in [5.41, 5.74) is 1.64. The summed E-state index contributed by atoms with van der Waals surface area (Å²) in [6, 6.07) is 7.72. The van der Waals surface area contributed by atoms with Gasteiger partial charge in [0.25, 0.3) is 0 Å². The second kappa shape index (κ2) is 7.78. The molecule has 1 saturated heterocycles. The van der Waals surface area contributed by atoms with Crippen LogP contribution < -0.4 is 5.32 Å². The molecule has 1 aromatic carbocycles. The van der Waals surface area contributed by atoms with E-state index in [1.54, 1.807) is 0 Å². The number of fused-ring (bicyclic) bond motifs is 1. The predicted octanol–water partition coefficient (Wildman–Crippen LogP) is 3.68. The fourth-order valence-corrected chi connectivity index (χ4v) is 4.73. The molecule has 5 heteroatoms. The van der Waals surface area contributed by atoms with Crippen molar-refractivity contribution >= 4 is 16.9 Å². The highest BCUT2D eigenvalue weighted by Gasteiger charge is 2.38. The Hall–Kier alpha value is -1.88. The van der Waals surface area contributed by atoms with E-state index in [0.717, 1.165) is 23.2 Å². The van der Waals surface area contributed by atoms with Gasteiger partial charge in [0.1, 0.15) is 5.69 Å². The maximum atomic E-state index is 12.6. The number of hydrogen-bond donors (Lipinski definition) is 1. The molecule has 1 aromatic heterocycles. The molecule has 2 aromatic rings. The van der Waals surface area contributed by atoms with Gasteiger partial charge in [-0.2, -0.15) is 0 Å². The Bertz CT molecular complexity index is 743. The molecule has 0 radical (unpaired) electrons. The van der Waals surface area contributed by atoms with Crippen LogP contribution in [-0.2, 0) is 11.2 Å². The lowest BCUT2D eigenvalue weighted by Crippen LogP contribution is -2.58. The summed E-state index contributed by atoms with van der Waals surface area (Å²) < 4.78 is 5.32. The predicted molar refractivity (Wildman–Crippen MR) is 102 cm³/mol. The molecule has 0 spiro atoms. The Balaban J connectivity index is 1.41. The van der Waals surface area contributed by atoms with Crippen LogP contribution in [0.4, 0.5) is 0 Å². The third-order valence-corrected chi connectivity index (χ3v) is 6.21. The minimum atomic E-state index is 0.0472. The van der Waals surface area contributed by atoms with Gasteiger partial charge in [0.05, 0.1) is 6.42 Å². The molecule has 0 unspecified atom stereocenters. The van der Waals surface area contributed by atoms with Gasteiger partial charge < -0.3 is 9.84 Å². The first-order chi connectivity index (χ1) is 12.8. The van der Waals surface area contributed by atoms with Crippen LogP contribution in [0, 0.1) is 0 Å². The SMILES string of the molecule is O=C(Cc1noc2ccccc12)NCC1(N2CCCCC2)CCCCC1. The highest BCUT2D eigenvalue weighted by Crippen LogP contribution is 2.35. The summed E-state index contributed by atoms with van der Waals surface area (Å²) in [5.74, 6) is 0.0472. The van der Waals surface area contributed by atoms with Crippen molar-refractivity contribution < 1.29 is 9.32 Å². The lowest BCUT2D eigenvalue weighted by Gasteiger charge is -2.48. The Morgan fingerprint density at radius 2 is 1.81 bits per heavy atom. The molecule has 0 atom stereocenters. The molecular weight excluding hydrogens is 326 g/mol. The van der Waals surface area contributed by atoms with Crippen LogP contribution >= 0.6 is 0 Å². The maximum Gasteiger partial charge on any atom is 0.226 e. The standard InChI is InChI=1S/C21H29N3O2/c25-20(15-18-17-9-3-4-10-19(17)26-23-18)22-16-21(11-5-1-6-12-21)24-13-7-2-8-14-24/h3-4,9-10H,1-2,5-8,11-16H2,(H,22,25). The zero-order valence-electron chi connectivity index (χ0n) is 15.5. The van der Waals surface area contributed by atoms with Crippen molar-refractivity contribution in [2.75, 3.05) is 19.6 Å². The van der Waals surface area contributed by atoms with Crippen molar-refractivity contribution in [2.45, 2.75) is 63.3 Å². The van der Waals surface area contributed by atoms with E-state index in [-0.39, 0.29) is 17.9 Å². The first kappa shape index (κ1) is 17.5. The largest absolute Gasteiger partial charge is 0.356 e. The van der Waals surface area contributed by atoms with Gasteiger partial charge in [0.15, 0.2) is 5.58 Å². The van der Waals surface area contributed by atoms with Crippen LogP contribution in [0.2, 0.25) is 0 Å². The van der Waals surface area contributed by atoms with Gasteiger partial charge in [-0.1, -0.05) is 43.0 Å². The molecule has 1 saturated carbocycles. The smallest absolute Gasteiger partial charge is 0.226 e. The molecule has 2 fully saturated rings. The van der Waals surface area contributed by atoms with Crippen LogP contribution in [0.15, 0.2) is 28.8 Å². The Kier molecular flexibility index (Phi) is 5.25. The van der Waals surface area contributed by atoms with Gasteiger partial charge in [-0.05, 0) is 50.9 Å². The van der Waals surface area contributed by atoms with Crippen molar-refractivity contribution in [3.63, 3.8) is 0 Å².